The first kappa shape index (κ1) is 18.5. The molecule has 0 amide bonds. The summed E-state index contributed by atoms with van der Waals surface area (Å²) in [6, 6.07) is 3.88. The van der Waals surface area contributed by atoms with E-state index >= 15 is 0 Å². The minimum absolute atomic E-state index is 0.0167. The third-order valence-electron chi connectivity index (χ3n) is 5.36. The maximum atomic E-state index is 12.2. The molecule has 1 aromatic rings. The van der Waals surface area contributed by atoms with Crippen LogP contribution in [-0.4, -0.2) is 45.8 Å². The Morgan fingerprint density at radius 1 is 1.29 bits per heavy atom. The number of ether oxygens (including phenoxy) is 1. The molecule has 3 aliphatic rings. The number of nitrogens with zero attached hydrogens (tertiary/aromatic N) is 3. The molecule has 0 radical (unpaired) electrons. The second kappa shape index (κ2) is 8.02. The van der Waals surface area contributed by atoms with Crippen LogP contribution in [-0.2, 0) is 11.3 Å². The monoisotopic (exact) mass is 384 g/mol. The van der Waals surface area contributed by atoms with E-state index in [4.69, 9.17) is 9.15 Å². The Morgan fingerprint density at radius 3 is 2.75 bits per heavy atom. The lowest BCUT2D eigenvalue weighted by Crippen LogP contribution is -2.32. The van der Waals surface area contributed by atoms with E-state index < -0.39 is 5.97 Å². The highest BCUT2D eigenvalue weighted by Crippen LogP contribution is 2.28. The fourth-order valence-corrected chi connectivity index (χ4v) is 3.93. The minimum atomic E-state index is -0.518. The number of aromatic nitrogens is 3. The molecule has 8 heteroatoms. The Kier molecular flexibility index (Phi) is 5.29. The molecule has 0 aromatic carbocycles. The smallest absolute Gasteiger partial charge is 0.341 e. The molecule has 1 saturated heterocycles. The van der Waals surface area contributed by atoms with Gasteiger partial charge in [-0.1, -0.05) is 12.8 Å². The van der Waals surface area contributed by atoms with Gasteiger partial charge in [-0.05, 0) is 38.1 Å². The van der Waals surface area contributed by atoms with E-state index in [0.717, 1.165) is 31.7 Å². The van der Waals surface area contributed by atoms with Gasteiger partial charge in [0.15, 0.2) is 0 Å². The molecular formula is C20H24N4O4. The maximum Gasteiger partial charge on any atom is 0.341 e. The molecule has 148 valence electrons. The third-order valence-corrected chi connectivity index (χ3v) is 5.36. The molecule has 0 saturated carbocycles. The second-order valence-electron chi connectivity index (χ2n) is 7.16. The van der Waals surface area contributed by atoms with Gasteiger partial charge in [-0.3, -0.25) is 9.69 Å². The van der Waals surface area contributed by atoms with Crippen LogP contribution in [0.2, 0.25) is 0 Å². The van der Waals surface area contributed by atoms with Crippen LogP contribution in [0, 0.1) is 0 Å². The van der Waals surface area contributed by atoms with E-state index in [1.165, 1.54) is 20.0 Å². The highest BCUT2D eigenvalue weighted by atomic mass is 16.5. The number of carbonyl (C=O) groups is 1. The van der Waals surface area contributed by atoms with Crippen LogP contribution in [0.1, 0.15) is 47.8 Å². The number of pyridine rings is 1. The molecule has 1 atom stereocenters. The van der Waals surface area contributed by atoms with Gasteiger partial charge in [-0.15, -0.1) is 0 Å². The van der Waals surface area contributed by atoms with Crippen molar-refractivity contribution in [3.8, 4) is 11.3 Å². The predicted octanol–water partition coefficient (Wildman–Crippen LogP) is 2.67. The number of rotatable bonds is 5. The van der Waals surface area contributed by atoms with Crippen LogP contribution < -0.4 is 5.56 Å². The van der Waals surface area contributed by atoms with Crippen LogP contribution in [0.25, 0.3) is 11.3 Å². The standard InChI is InChI=1S/C20H24N4O4/c1-27-20(26)15-12-23(11-14-18(15)21-22-19(14)25)13-16(17-7-6-10-28-17)24-8-4-2-3-5-9-24/h6-7,10-12,16H,2-5,8-9,13H2,1H3,(H,22,25)/t16-/m0/s1. The summed E-state index contributed by atoms with van der Waals surface area (Å²) < 4.78 is 12.5. The Hall–Kier alpha value is -2.87. The van der Waals surface area contributed by atoms with E-state index in [1.807, 2.05) is 16.7 Å². The van der Waals surface area contributed by atoms with Gasteiger partial charge in [0.05, 0.1) is 25.0 Å². The van der Waals surface area contributed by atoms with Crippen LogP contribution in [0.4, 0.5) is 0 Å². The largest absolute Gasteiger partial charge is 0.468 e. The van der Waals surface area contributed by atoms with Crippen molar-refractivity contribution in [1.29, 1.82) is 0 Å². The summed E-state index contributed by atoms with van der Waals surface area (Å²) in [7, 11) is 1.32. The summed E-state index contributed by atoms with van der Waals surface area (Å²) in [5.41, 5.74) is 0.653. The summed E-state index contributed by atoms with van der Waals surface area (Å²) in [6.45, 7) is 2.55. The van der Waals surface area contributed by atoms with Crippen molar-refractivity contribution in [2.45, 2.75) is 38.3 Å². The Bertz CT molecular complexity index is 951. The van der Waals surface area contributed by atoms with Crippen molar-refractivity contribution in [1.82, 2.24) is 19.7 Å². The summed E-state index contributed by atoms with van der Waals surface area (Å²) in [4.78, 5) is 26.8. The van der Waals surface area contributed by atoms with Crippen LogP contribution in [0.5, 0.6) is 0 Å². The first-order chi connectivity index (χ1) is 13.7. The van der Waals surface area contributed by atoms with Crippen molar-refractivity contribution in [2.24, 2.45) is 0 Å². The normalized spacial score (nSPS) is 16.8. The second-order valence-corrected chi connectivity index (χ2v) is 7.16. The SMILES string of the molecule is COC(=O)c1cn(C[C@@H](c2ccco2)N2CCCCCC2)cc2c(=O)[nH]nc1-2. The zero-order valence-corrected chi connectivity index (χ0v) is 15.9. The molecule has 28 heavy (non-hydrogen) atoms. The number of carbonyl (C=O) groups excluding carboxylic acids is 1. The summed E-state index contributed by atoms with van der Waals surface area (Å²) in [6.07, 6.45) is 9.90. The molecule has 0 unspecified atom stereocenters. The number of hydrogen-bond acceptors (Lipinski definition) is 6. The van der Waals surface area contributed by atoms with E-state index in [0.29, 0.717) is 17.8 Å². The van der Waals surface area contributed by atoms with E-state index in [1.54, 1.807) is 18.7 Å². The van der Waals surface area contributed by atoms with Crippen molar-refractivity contribution in [3.05, 3.63) is 52.5 Å². The maximum absolute atomic E-state index is 12.2. The van der Waals surface area contributed by atoms with E-state index in [9.17, 15) is 9.59 Å². The van der Waals surface area contributed by atoms with Crippen LogP contribution >= 0.6 is 0 Å². The summed E-state index contributed by atoms with van der Waals surface area (Å²) in [5, 5.41) is 6.40. The Balaban J connectivity index is 1.73. The molecule has 8 nitrogen and oxygen atoms in total. The van der Waals surface area contributed by atoms with Crippen molar-refractivity contribution >= 4 is 5.97 Å². The number of H-pyrrole nitrogens is 1. The number of nitrogens with one attached hydrogen (secondary N) is 1. The number of aromatic amines is 1. The van der Waals surface area contributed by atoms with Gasteiger partial charge in [0.2, 0.25) is 0 Å². The quantitative estimate of drug-likeness (QED) is 0.680. The zero-order valence-electron chi connectivity index (χ0n) is 15.9. The Morgan fingerprint density at radius 2 is 2.07 bits per heavy atom. The fourth-order valence-electron chi connectivity index (χ4n) is 3.93. The van der Waals surface area contributed by atoms with Gasteiger partial charge in [0.25, 0.3) is 5.56 Å². The lowest BCUT2D eigenvalue weighted by Gasteiger charge is -2.30. The molecule has 1 N–H and O–H groups in total. The van der Waals surface area contributed by atoms with Crippen LogP contribution in [0.15, 0.2) is 40.0 Å². The topological polar surface area (TPSA) is 93.4 Å². The van der Waals surface area contributed by atoms with Crippen molar-refractivity contribution in [3.63, 3.8) is 0 Å². The average Bonchev–Trinajstić information content (AvgIpc) is 3.28. The number of methoxy groups -OCH3 is 1. The molecule has 0 spiro atoms. The molecular weight excluding hydrogens is 360 g/mol. The van der Waals surface area contributed by atoms with Gasteiger partial charge in [0.1, 0.15) is 17.0 Å². The van der Waals surface area contributed by atoms with Gasteiger partial charge in [-0.2, -0.15) is 5.10 Å². The molecule has 1 fully saturated rings. The first-order valence-electron chi connectivity index (χ1n) is 9.61. The lowest BCUT2D eigenvalue weighted by molar-refractivity contribution is 0.0600. The summed E-state index contributed by atoms with van der Waals surface area (Å²) in [5.74, 6) is 0.360. The molecule has 0 aliphatic carbocycles. The number of hydrogen-bond donors (Lipinski definition) is 1. The molecule has 1 aromatic heterocycles. The first-order valence-corrected chi connectivity index (χ1v) is 9.61. The van der Waals surface area contributed by atoms with Crippen LogP contribution in [0.3, 0.4) is 0 Å². The number of likely N-dealkylation sites (tertiary alicyclic amines) is 1. The fraction of sp³-hybridized carbons (Fsp3) is 0.450. The molecule has 4 heterocycles. The minimum Gasteiger partial charge on any atom is -0.468 e. The number of esters is 1. The molecule has 4 rings (SSSR count). The predicted molar refractivity (Wildman–Crippen MR) is 102 cm³/mol. The van der Waals surface area contributed by atoms with E-state index in [2.05, 4.69) is 15.1 Å². The third kappa shape index (κ3) is 3.60. The van der Waals surface area contributed by atoms with Gasteiger partial charge in [-0.25, -0.2) is 9.89 Å². The number of furan rings is 1. The molecule has 0 bridgehead atoms. The number of fused-ring (bicyclic) bond motifs is 1. The zero-order chi connectivity index (χ0) is 19.5. The van der Waals surface area contributed by atoms with Crippen molar-refractivity contribution in [2.75, 3.05) is 20.2 Å². The highest BCUT2D eigenvalue weighted by molar-refractivity contribution is 5.95. The average molecular weight is 384 g/mol. The summed E-state index contributed by atoms with van der Waals surface area (Å²) >= 11 is 0. The molecule has 3 aliphatic heterocycles. The van der Waals surface area contributed by atoms with Crippen molar-refractivity contribution < 1.29 is 13.9 Å². The van der Waals surface area contributed by atoms with E-state index in [-0.39, 0.29) is 17.2 Å². The van der Waals surface area contributed by atoms with Gasteiger partial charge in [0, 0.05) is 18.9 Å². The lowest BCUT2D eigenvalue weighted by atomic mass is 10.1. The van der Waals surface area contributed by atoms with Gasteiger partial charge >= 0.3 is 5.97 Å². The highest BCUT2D eigenvalue weighted by Gasteiger charge is 2.27. The Labute approximate surface area is 162 Å². The van der Waals surface area contributed by atoms with Gasteiger partial charge < -0.3 is 13.7 Å².